The fourth-order valence-electron chi connectivity index (χ4n) is 4.64. The van der Waals surface area contributed by atoms with Gasteiger partial charge in [0.2, 0.25) is 0 Å². The molecule has 132 valence electrons. The van der Waals surface area contributed by atoms with Crippen molar-refractivity contribution < 1.29 is 0 Å². The maximum absolute atomic E-state index is 2.79. The van der Waals surface area contributed by atoms with Gasteiger partial charge in [-0.25, -0.2) is 0 Å². The van der Waals surface area contributed by atoms with Crippen LogP contribution in [0.15, 0.2) is 42.5 Å². The highest BCUT2D eigenvalue weighted by Crippen LogP contribution is 2.37. The van der Waals surface area contributed by atoms with E-state index in [0.717, 1.165) is 6.54 Å². The van der Waals surface area contributed by atoms with E-state index in [0.29, 0.717) is 12.1 Å². The van der Waals surface area contributed by atoms with Crippen LogP contribution in [0.25, 0.3) is 0 Å². The van der Waals surface area contributed by atoms with Gasteiger partial charge in [0, 0.05) is 37.4 Å². The molecule has 4 rings (SSSR count). The maximum Gasteiger partial charge on any atom is 0.0369 e. The molecule has 2 saturated heterocycles. The Labute approximate surface area is 152 Å². The summed E-state index contributed by atoms with van der Waals surface area (Å²) in [5, 5.41) is 0. The second-order valence-electron chi connectivity index (χ2n) is 7.97. The standard InChI is InChI=1S/C23H30N2/c1-17-6-4-7-21(14-17)24-12-13-25-22(16-24)8-5-9-23(25)20-11-10-18(2)19(3)15-20/h4,6-7,10-11,14-15,22-23H,5,8-9,12-13,16H2,1-3H3/t22?,23-/m1/s1. The number of fused-ring (bicyclic) bond motifs is 1. The third-order valence-corrected chi connectivity index (χ3v) is 6.23. The Bertz CT molecular complexity index is 752. The normalized spacial score (nSPS) is 24.2. The number of nitrogens with zero attached hydrogens (tertiary/aromatic N) is 2. The minimum absolute atomic E-state index is 0.609. The summed E-state index contributed by atoms with van der Waals surface area (Å²) in [7, 11) is 0. The summed E-state index contributed by atoms with van der Waals surface area (Å²) in [6.07, 6.45) is 3.99. The molecule has 2 heterocycles. The number of aryl methyl sites for hydroxylation is 3. The summed E-state index contributed by atoms with van der Waals surface area (Å²) in [4.78, 5) is 5.39. The molecular weight excluding hydrogens is 304 g/mol. The van der Waals surface area contributed by atoms with Crippen molar-refractivity contribution in [2.45, 2.75) is 52.1 Å². The van der Waals surface area contributed by atoms with Crippen LogP contribution in [0, 0.1) is 20.8 Å². The first kappa shape index (κ1) is 16.7. The van der Waals surface area contributed by atoms with Gasteiger partial charge in [-0.05, 0) is 74.4 Å². The molecule has 25 heavy (non-hydrogen) atoms. The molecular formula is C23H30N2. The average molecular weight is 335 g/mol. The van der Waals surface area contributed by atoms with Gasteiger partial charge in [-0.15, -0.1) is 0 Å². The van der Waals surface area contributed by atoms with Crippen LogP contribution >= 0.6 is 0 Å². The highest BCUT2D eigenvalue weighted by molar-refractivity contribution is 5.49. The van der Waals surface area contributed by atoms with Crippen LogP contribution in [-0.2, 0) is 0 Å². The van der Waals surface area contributed by atoms with E-state index in [9.17, 15) is 0 Å². The van der Waals surface area contributed by atoms with Crippen LogP contribution in [-0.4, -0.2) is 30.6 Å². The third-order valence-electron chi connectivity index (χ3n) is 6.23. The fourth-order valence-corrected chi connectivity index (χ4v) is 4.64. The Hall–Kier alpha value is -1.80. The molecule has 2 aromatic rings. The Kier molecular flexibility index (Phi) is 4.56. The molecule has 2 aliphatic heterocycles. The Morgan fingerprint density at radius 2 is 1.76 bits per heavy atom. The topological polar surface area (TPSA) is 6.48 Å². The lowest BCUT2D eigenvalue weighted by atomic mass is 9.88. The first-order chi connectivity index (χ1) is 12.1. The zero-order chi connectivity index (χ0) is 17.4. The fraction of sp³-hybridized carbons (Fsp3) is 0.478. The van der Waals surface area contributed by atoms with Crippen molar-refractivity contribution >= 4 is 5.69 Å². The predicted molar refractivity (Wildman–Crippen MR) is 106 cm³/mol. The van der Waals surface area contributed by atoms with Crippen LogP contribution in [0.5, 0.6) is 0 Å². The third kappa shape index (κ3) is 3.32. The number of anilines is 1. The highest BCUT2D eigenvalue weighted by atomic mass is 15.3. The zero-order valence-corrected chi connectivity index (χ0v) is 15.8. The second-order valence-corrected chi connectivity index (χ2v) is 7.97. The summed E-state index contributed by atoms with van der Waals surface area (Å²) in [5.74, 6) is 0. The number of piperidine rings is 1. The van der Waals surface area contributed by atoms with Crippen molar-refractivity contribution in [3.05, 3.63) is 64.7 Å². The quantitative estimate of drug-likeness (QED) is 0.760. The molecule has 1 unspecified atom stereocenters. The molecule has 0 spiro atoms. The summed E-state index contributed by atoms with van der Waals surface area (Å²) in [6, 6.07) is 17.4. The number of benzene rings is 2. The van der Waals surface area contributed by atoms with Crippen LogP contribution in [0.2, 0.25) is 0 Å². The molecule has 2 nitrogen and oxygen atoms in total. The smallest absolute Gasteiger partial charge is 0.0369 e. The van der Waals surface area contributed by atoms with Crippen LogP contribution in [0.4, 0.5) is 5.69 Å². The molecule has 0 N–H and O–H groups in total. The summed E-state index contributed by atoms with van der Waals surface area (Å²) < 4.78 is 0. The van der Waals surface area contributed by atoms with Gasteiger partial charge in [0.15, 0.2) is 0 Å². The molecule has 2 aromatic carbocycles. The van der Waals surface area contributed by atoms with Gasteiger partial charge in [-0.3, -0.25) is 4.90 Å². The van der Waals surface area contributed by atoms with Gasteiger partial charge in [-0.2, -0.15) is 0 Å². The zero-order valence-electron chi connectivity index (χ0n) is 15.8. The molecule has 2 aliphatic rings. The van der Waals surface area contributed by atoms with Crippen molar-refractivity contribution in [3.63, 3.8) is 0 Å². The molecule has 0 bridgehead atoms. The van der Waals surface area contributed by atoms with E-state index in [1.54, 1.807) is 0 Å². The van der Waals surface area contributed by atoms with E-state index >= 15 is 0 Å². The lowest BCUT2D eigenvalue weighted by molar-refractivity contribution is 0.0716. The van der Waals surface area contributed by atoms with Gasteiger partial charge in [-0.1, -0.05) is 30.3 Å². The van der Waals surface area contributed by atoms with Gasteiger partial charge in [0.1, 0.15) is 0 Å². The first-order valence-corrected chi connectivity index (χ1v) is 9.76. The molecule has 0 amide bonds. The van der Waals surface area contributed by atoms with E-state index in [4.69, 9.17) is 0 Å². The Morgan fingerprint density at radius 3 is 2.56 bits per heavy atom. The Morgan fingerprint density at radius 1 is 0.880 bits per heavy atom. The monoisotopic (exact) mass is 334 g/mol. The number of rotatable bonds is 2. The van der Waals surface area contributed by atoms with Gasteiger partial charge in [0.05, 0.1) is 0 Å². The van der Waals surface area contributed by atoms with E-state index in [1.165, 1.54) is 60.3 Å². The van der Waals surface area contributed by atoms with Crippen molar-refractivity contribution in [1.29, 1.82) is 0 Å². The largest absolute Gasteiger partial charge is 0.369 e. The number of hydrogen-bond donors (Lipinski definition) is 0. The van der Waals surface area contributed by atoms with Crippen molar-refractivity contribution in [2.75, 3.05) is 24.5 Å². The first-order valence-electron chi connectivity index (χ1n) is 9.76. The van der Waals surface area contributed by atoms with Gasteiger partial charge < -0.3 is 4.90 Å². The lowest BCUT2D eigenvalue weighted by Gasteiger charge is -2.49. The summed E-state index contributed by atoms with van der Waals surface area (Å²) in [5.41, 5.74) is 7.11. The minimum Gasteiger partial charge on any atom is -0.369 e. The van der Waals surface area contributed by atoms with Crippen molar-refractivity contribution in [2.24, 2.45) is 0 Å². The van der Waals surface area contributed by atoms with Gasteiger partial charge in [0.25, 0.3) is 0 Å². The van der Waals surface area contributed by atoms with E-state index in [2.05, 4.69) is 73.0 Å². The number of piperazine rings is 1. The molecule has 0 aromatic heterocycles. The second kappa shape index (κ2) is 6.84. The lowest BCUT2D eigenvalue weighted by Crippen LogP contribution is -2.55. The van der Waals surface area contributed by atoms with E-state index in [-0.39, 0.29) is 0 Å². The number of hydrogen-bond acceptors (Lipinski definition) is 2. The molecule has 0 radical (unpaired) electrons. The molecule has 2 fully saturated rings. The van der Waals surface area contributed by atoms with Crippen LogP contribution in [0.3, 0.4) is 0 Å². The van der Waals surface area contributed by atoms with Gasteiger partial charge >= 0.3 is 0 Å². The van der Waals surface area contributed by atoms with Crippen molar-refractivity contribution in [3.8, 4) is 0 Å². The molecule has 2 atom stereocenters. The molecule has 0 aliphatic carbocycles. The summed E-state index contributed by atoms with van der Waals surface area (Å²) in [6.45, 7) is 10.1. The van der Waals surface area contributed by atoms with E-state index < -0.39 is 0 Å². The molecule has 2 heteroatoms. The highest BCUT2D eigenvalue weighted by Gasteiger charge is 2.35. The average Bonchev–Trinajstić information content (AvgIpc) is 2.63. The van der Waals surface area contributed by atoms with E-state index in [1.807, 2.05) is 0 Å². The van der Waals surface area contributed by atoms with Crippen LogP contribution < -0.4 is 4.90 Å². The SMILES string of the molecule is Cc1cccc(N2CCN3C(CCC[C@@H]3c3ccc(C)c(C)c3)C2)c1. The van der Waals surface area contributed by atoms with Crippen LogP contribution in [0.1, 0.15) is 47.6 Å². The Balaban J connectivity index is 1.53. The van der Waals surface area contributed by atoms with Crippen molar-refractivity contribution in [1.82, 2.24) is 4.90 Å². The predicted octanol–water partition coefficient (Wildman–Crippen LogP) is 5.03. The maximum atomic E-state index is 2.79. The molecule has 0 saturated carbocycles. The summed E-state index contributed by atoms with van der Waals surface area (Å²) >= 11 is 0. The minimum atomic E-state index is 0.609.